The molecule has 0 aliphatic heterocycles. The van der Waals surface area contributed by atoms with Gasteiger partial charge in [-0.05, 0) is 32.3 Å². The number of amides is 1. The molecule has 3 aromatic heterocycles. The van der Waals surface area contributed by atoms with E-state index in [4.69, 9.17) is 0 Å². The molecule has 1 aliphatic rings. The van der Waals surface area contributed by atoms with Gasteiger partial charge in [-0.1, -0.05) is 12.8 Å². The SMILES string of the molecule is Cc1cnc2c(C(=O)Nc3c(C)cnn3C3CCCC3)cnn2c1. The monoisotopic (exact) mass is 324 g/mol. The fourth-order valence-electron chi connectivity index (χ4n) is 3.33. The molecular formula is C17H20N6O. The number of nitrogens with one attached hydrogen (secondary N) is 1. The zero-order valence-electron chi connectivity index (χ0n) is 13.9. The van der Waals surface area contributed by atoms with Gasteiger partial charge in [-0.2, -0.15) is 10.2 Å². The number of aryl methyl sites for hydroxylation is 2. The van der Waals surface area contributed by atoms with Gasteiger partial charge in [0.2, 0.25) is 0 Å². The number of aromatic nitrogens is 5. The Kier molecular flexibility index (Phi) is 3.55. The van der Waals surface area contributed by atoms with Crippen molar-refractivity contribution in [3.8, 4) is 0 Å². The number of fused-ring (bicyclic) bond motifs is 1. The number of rotatable bonds is 3. The maximum absolute atomic E-state index is 12.7. The van der Waals surface area contributed by atoms with Gasteiger partial charge < -0.3 is 5.32 Å². The van der Waals surface area contributed by atoms with Crippen LogP contribution in [0.1, 0.15) is 53.2 Å². The first-order valence-corrected chi connectivity index (χ1v) is 8.29. The second-order valence-corrected chi connectivity index (χ2v) is 6.47. The summed E-state index contributed by atoms with van der Waals surface area (Å²) in [6.45, 7) is 3.91. The van der Waals surface area contributed by atoms with Crippen LogP contribution >= 0.6 is 0 Å². The van der Waals surface area contributed by atoms with E-state index in [0.717, 1.165) is 29.8 Å². The highest BCUT2D eigenvalue weighted by atomic mass is 16.1. The standard InChI is InChI=1S/C17H20N6O/c1-11-7-18-16-14(9-19-22(16)10-11)17(24)21-15-12(2)8-20-23(15)13-5-3-4-6-13/h7-10,13H,3-6H2,1-2H3,(H,21,24). The van der Waals surface area contributed by atoms with Crippen LogP contribution in [0, 0.1) is 13.8 Å². The minimum Gasteiger partial charge on any atom is -0.306 e. The quantitative estimate of drug-likeness (QED) is 0.803. The first kappa shape index (κ1) is 14.9. The molecule has 0 unspecified atom stereocenters. The number of anilines is 1. The lowest BCUT2D eigenvalue weighted by atomic mass is 10.2. The van der Waals surface area contributed by atoms with E-state index >= 15 is 0 Å². The van der Waals surface area contributed by atoms with Gasteiger partial charge in [-0.25, -0.2) is 14.2 Å². The molecule has 3 heterocycles. The Bertz CT molecular complexity index is 903. The highest BCUT2D eigenvalue weighted by Crippen LogP contribution is 2.32. The van der Waals surface area contributed by atoms with E-state index in [0.29, 0.717) is 17.3 Å². The summed E-state index contributed by atoms with van der Waals surface area (Å²) in [5.74, 6) is 0.572. The summed E-state index contributed by atoms with van der Waals surface area (Å²) in [7, 11) is 0. The fraction of sp³-hybridized carbons (Fsp3) is 0.412. The summed E-state index contributed by atoms with van der Waals surface area (Å²) in [6, 6.07) is 0.374. The molecule has 1 saturated carbocycles. The lowest BCUT2D eigenvalue weighted by Crippen LogP contribution is -2.18. The summed E-state index contributed by atoms with van der Waals surface area (Å²) in [6.07, 6.45) is 11.6. The van der Waals surface area contributed by atoms with Crippen LogP contribution in [0.5, 0.6) is 0 Å². The third-order valence-electron chi connectivity index (χ3n) is 4.61. The Balaban J connectivity index is 1.65. The lowest BCUT2D eigenvalue weighted by Gasteiger charge is -2.15. The van der Waals surface area contributed by atoms with Crippen molar-refractivity contribution in [2.45, 2.75) is 45.6 Å². The molecule has 0 bridgehead atoms. The van der Waals surface area contributed by atoms with E-state index in [1.165, 1.54) is 12.8 Å². The molecule has 124 valence electrons. The summed E-state index contributed by atoms with van der Waals surface area (Å²) in [5.41, 5.74) is 2.99. The highest BCUT2D eigenvalue weighted by Gasteiger charge is 2.23. The van der Waals surface area contributed by atoms with Crippen molar-refractivity contribution in [3.63, 3.8) is 0 Å². The van der Waals surface area contributed by atoms with Crippen LogP contribution in [0.25, 0.3) is 5.65 Å². The number of nitrogens with zero attached hydrogens (tertiary/aromatic N) is 5. The molecule has 0 aromatic carbocycles. The number of hydrogen-bond donors (Lipinski definition) is 1. The molecule has 7 heteroatoms. The molecule has 3 aromatic rings. The number of carbonyl (C=O) groups excluding carboxylic acids is 1. The van der Waals surface area contributed by atoms with E-state index in [-0.39, 0.29) is 5.91 Å². The Labute approximate surface area is 139 Å². The second-order valence-electron chi connectivity index (χ2n) is 6.47. The predicted octanol–water partition coefficient (Wildman–Crippen LogP) is 2.91. The molecule has 1 N–H and O–H groups in total. The van der Waals surface area contributed by atoms with Gasteiger partial charge in [0.05, 0.1) is 18.4 Å². The normalized spacial score (nSPS) is 15.2. The van der Waals surface area contributed by atoms with Gasteiger partial charge in [0.25, 0.3) is 5.91 Å². The molecular weight excluding hydrogens is 304 g/mol. The topological polar surface area (TPSA) is 77.1 Å². The van der Waals surface area contributed by atoms with Crippen LogP contribution in [0.3, 0.4) is 0 Å². The third-order valence-corrected chi connectivity index (χ3v) is 4.61. The van der Waals surface area contributed by atoms with Crippen molar-refractivity contribution >= 4 is 17.4 Å². The van der Waals surface area contributed by atoms with Crippen molar-refractivity contribution in [2.24, 2.45) is 0 Å². The zero-order valence-corrected chi connectivity index (χ0v) is 13.9. The Morgan fingerprint density at radius 1 is 1.17 bits per heavy atom. The Hall–Kier alpha value is -2.70. The van der Waals surface area contributed by atoms with Crippen molar-refractivity contribution in [1.29, 1.82) is 0 Å². The second kappa shape index (κ2) is 5.74. The first-order chi connectivity index (χ1) is 11.6. The molecule has 0 radical (unpaired) electrons. The lowest BCUT2D eigenvalue weighted by molar-refractivity contribution is 0.102. The average Bonchev–Trinajstić information content (AvgIpc) is 3.27. The zero-order chi connectivity index (χ0) is 16.7. The van der Waals surface area contributed by atoms with E-state index in [2.05, 4.69) is 20.5 Å². The number of hydrogen-bond acceptors (Lipinski definition) is 4. The van der Waals surface area contributed by atoms with E-state index < -0.39 is 0 Å². The molecule has 0 spiro atoms. The molecule has 4 rings (SSSR count). The van der Waals surface area contributed by atoms with E-state index in [1.54, 1.807) is 16.9 Å². The van der Waals surface area contributed by atoms with Gasteiger partial charge in [0, 0.05) is 18.0 Å². The van der Waals surface area contributed by atoms with E-state index in [1.807, 2.05) is 30.9 Å². The summed E-state index contributed by atoms with van der Waals surface area (Å²) < 4.78 is 3.59. The van der Waals surface area contributed by atoms with Gasteiger partial charge in [0.15, 0.2) is 5.65 Å². The highest BCUT2D eigenvalue weighted by molar-refractivity contribution is 6.08. The molecule has 24 heavy (non-hydrogen) atoms. The van der Waals surface area contributed by atoms with Crippen molar-refractivity contribution in [2.75, 3.05) is 5.32 Å². The summed E-state index contributed by atoms with van der Waals surface area (Å²) in [4.78, 5) is 17.1. The summed E-state index contributed by atoms with van der Waals surface area (Å²) in [5, 5.41) is 11.7. The van der Waals surface area contributed by atoms with Crippen molar-refractivity contribution < 1.29 is 4.79 Å². The van der Waals surface area contributed by atoms with Crippen LogP contribution in [-0.2, 0) is 0 Å². The fourth-order valence-corrected chi connectivity index (χ4v) is 3.33. The minimum absolute atomic E-state index is 0.204. The summed E-state index contributed by atoms with van der Waals surface area (Å²) >= 11 is 0. The average molecular weight is 324 g/mol. The van der Waals surface area contributed by atoms with Crippen LogP contribution in [0.2, 0.25) is 0 Å². The van der Waals surface area contributed by atoms with Crippen LogP contribution < -0.4 is 5.32 Å². The van der Waals surface area contributed by atoms with Gasteiger partial charge in [-0.3, -0.25) is 4.79 Å². The van der Waals surface area contributed by atoms with Crippen LogP contribution in [0.4, 0.5) is 5.82 Å². The number of carbonyl (C=O) groups is 1. The van der Waals surface area contributed by atoms with Crippen LogP contribution in [-0.4, -0.2) is 30.3 Å². The maximum Gasteiger partial charge on any atom is 0.262 e. The molecule has 1 amide bonds. The van der Waals surface area contributed by atoms with E-state index in [9.17, 15) is 4.79 Å². The largest absolute Gasteiger partial charge is 0.306 e. The Morgan fingerprint density at radius 2 is 1.96 bits per heavy atom. The van der Waals surface area contributed by atoms with Crippen molar-refractivity contribution in [1.82, 2.24) is 24.4 Å². The first-order valence-electron chi connectivity index (χ1n) is 8.29. The predicted molar refractivity (Wildman–Crippen MR) is 90.1 cm³/mol. The van der Waals surface area contributed by atoms with Gasteiger partial charge in [-0.15, -0.1) is 0 Å². The maximum atomic E-state index is 12.7. The molecule has 1 aliphatic carbocycles. The molecule has 7 nitrogen and oxygen atoms in total. The minimum atomic E-state index is -0.204. The van der Waals surface area contributed by atoms with Gasteiger partial charge >= 0.3 is 0 Å². The van der Waals surface area contributed by atoms with Crippen LogP contribution in [0.15, 0.2) is 24.8 Å². The molecule has 0 atom stereocenters. The molecule has 0 saturated heterocycles. The van der Waals surface area contributed by atoms with Gasteiger partial charge in [0.1, 0.15) is 11.4 Å². The molecule has 1 fully saturated rings. The Morgan fingerprint density at radius 3 is 2.75 bits per heavy atom. The van der Waals surface area contributed by atoms with Crippen molar-refractivity contribution in [3.05, 3.63) is 41.5 Å². The third kappa shape index (κ3) is 2.46. The smallest absolute Gasteiger partial charge is 0.262 e.